The third kappa shape index (κ3) is 5.29. The van der Waals surface area contributed by atoms with E-state index in [1.165, 1.54) is 0 Å². The molecule has 3 rings (SSSR count). The molecule has 0 aliphatic carbocycles. The molecule has 2 heterocycles. The number of rotatable bonds is 5. The summed E-state index contributed by atoms with van der Waals surface area (Å²) in [6, 6.07) is 14.4. The van der Waals surface area contributed by atoms with Crippen LogP contribution in [0.1, 0.15) is 11.3 Å². The monoisotopic (exact) mass is 412 g/mol. The Kier molecular flexibility index (Phi) is 5.80. The number of urea groups is 1. The van der Waals surface area contributed by atoms with Crippen molar-refractivity contribution in [1.82, 2.24) is 15.3 Å². The van der Waals surface area contributed by atoms with Crippen molar-refractivity contribution in [2.24, 2.45) is 0 Å². The largest absolute Gasteiger partial charge is 0.439 e. The highest BCUT2D eigenvalue weighted by molar-refractivity contribution is 9.10. The van der Waals surface area contributed by atoms with Crippen LogP contribution in [0.15, 0.2) is 65.4 Å². The fourth-order valence-corrected chi connectivity index (χ4v) is 2.50. The molecular formula is C19H17BrN4O2. The lowest BCUT2D eigenvalue weighted by Crippen LogP contribution is -2.28. The van der Waals surface area contributed by atoms with Crippen molar-refractivity contribution < 1.29 is 9.53 Å². The number of hydrogen-bond donors (Lipinski definition) is 2. The number of anilines is 1. The van der Waals surface area contributed by atoms with E-state index in [9.17, 15) is 4.79 Å². The van der Waals surface area contributed by atoms with Crippen molar-refractivity contribution in [3.05, 3.63) is 76.7 Å². The minimum Gasteiger partial charge on any atom is -0.439 e. The van der Waals surface area contributed by atoms with Crippen molar-refractivity contribution in [2.45, 2.75) is 13.5 Å². The Morgan fingerprint density at radius 1 is 1.12 bits per heavy atom. The molecule has 0 bridgehead atoms. The lowest BCUT2D eigenvalue weighted by Gasteiger charge is -2.09. The first-order valence-electron chi connectivity index (χ1n) is 7.94. The SMILES string of the molecule is Cc1ccc(CNC(=O)Nc2ccc(Oc3cccc(Br)c3)nc2)cn1. The molecule has 6 nitrogen and oxygen atoms in total. The fourth-order valence-electron chi connectivity index (χ4n) is 2.13. The number of nitrogens with one attached hydrogen (secondary N) is 2. The van der Waals surface area contributed by atoms with Crippen LogP contribution in [0.3, 0.4) is 0 Å². The summed E-state index contributed by atoms with van der Waals surface area (Å²) in [6.07, 6.45) is 3.28. The number of benzene rings is 1. The third-order valence-electron chi connectivity index (χ3n) is 3.44. The molecule has 0 fully saturated rings. The van der Waals surface area contributed by atoms with Gasteiger partial charge in [0.05, 0.1) is 11.9 Å². The molecule has 2 amide bonds. The maximum Gasteiger partial charge on any atom is 0.319 e. The molecule has 3 aromatic rings. The normalized spacial score (nSPS) is 10.2. The number of aromatic nitrogens is 2. The first kappa shape index (κ1) is 17.9. The van der Waals surface area contributed by atoms with Crippen LogP contribution in [0.2, 0.25) is 0 Å². The zero-order valence-electron chi connectivity index (χ0n) is 14.1. The molecule has 1 aromatic carbocycles. The van der Waals surface area contributed by atoms with Crippen LogP contribution >= 0.6 is 15.9 Å². The van der Waals surface area contributed by atoms with Gasteiger partial charge in [-0.25, -0.2) is 9.78 Å². The fraction of sp³-hybridized carbons (Fsp3) is 0.105. The lowest BCUT2D eigenvalue weighted by atomic mass is 10.2. The van der Waals surface area contributed by atoms with Gasteiger partial charge in [0.2, 0.25) is 5.88 Å². The molecule has 2 aromatic heterocycles. The van der Waals surface area contributed by atoms with E-state index in [0.29, 0.717) is 23.9 Å². The minimum atomic E-state index is -0.312. The van der Waals surface area contributed by atoms with Gasteiger partial charge in [0, 0.05) is 29.0 Å². The summed E-state index contributed by atoms with van der Waals surface area (Å²) in [5, 5.41) is 5.50. The zero-order chi connectivity index (χ0) is 18.4. The molecule has 0 aliphatic heterocycles. The summed E-state index contributed by atoms with van der Waals surface area (Å²) >= 11 is 3.39. The first-order chi connectivity index (χ1) is 12.6. The van der Waals surface area contributed by atoms with Crippen LogP contribution in [0.4, 0.5) is 10.5 Å². The standard InChI is InChI=1S/C19H17BrN4O2/c1-13-5-6-14(10-21-13)11-23-19(25)24-16-7-8-18(22-12-16)26-17-4-2-3-15(20)9-17/h2-10,12H,11H2,1H3,(H2,23,24,25). The Balaban J connectivity index is 1.51. The molecule has 7 heteroatoms. The van der Waals surface area contributed by atoms with E-state index >= 15 is 0 Å². The highest BCUT2D eigenvalue weighted by Gasteiger charge is 2.04. The Morgan fingerprint density at radius 3 is 2.69 bits per heavy atom. The van der Waals surface area contributed by atoms with E-state index in [-0.39, 0.29) is 6.03 Å². The van der Waals surface area contributed by atoms with Gasteiger partial charge in [0.25, 0.3) is 0 Å². The van der Waals surface area contributed by atoms with Crippen LogP contribution in [0.25, 0.3) is 0 Å². The van der Waals surface area contributed by atoms with Crippen molar-refractivity contribution in [3.63, 3.8) is 0 Å². The number of pyridine rings is 2. The highest BCUT2D eigenvalue weighted by Crippen LogP contribution is 2.23. The summed E-state index contributed by atoms with van der Waals surface area (Å²) in [5.74, 6) is 1.12. The Morgan fingerprint density at radius 2 is 2.00 bits per heavy atom. The second-order valence-corrected chi connectivity index (χ2v) is 6.48. The summed E-state index contributed by atoms with van der Waals surface area (Å²) < 4.78 is 6.58. The van der Waals surface area contributed by atoms with E-state index in [4.69, 9.17) is 4.74 Å². The van der Waals surface area contributed by atoms with Gasteiger partial charge in [0.15, 0.2) is 0 Å². The van der Waals surface area contributed by atoms with E-state index in [0.717, 1.165) is 15.7 Å². The first-order valence-corrected chi connectivity index (χ1v) is 8.74. The summed E-state index contributed by atoms with van der Waals surface area (Å²) in [4.78, 5) is 20.3. The van der Waals surface area contributed by atoms with Crippen molar-refractivity contribution in [3.8, 4) is 11.6 Å². The molecule has 0 radical (unpaired) electrons. The zero-order valence-corrected chi connectivity index (χ0v) is 15.7. The number of hydrogen-bond acceptors (Lipinski definition) is 4. The van der Waals surface area contributed by atoms with Gasteiger partial charge in [-0.15, -0.1) is 0 Å². The predicted octanol–water partition coefficient (Wildman–Crippen LogP) is 4.66. The summed E-state index contributed by atoms with van der Waals surface area (Å²) in [5.41, 5.74) is 2.45. The highest BCUT2D eigenvalue weighted by atomic mass is 79.9. The Bertz CT molecular complexity index is 883. The molecular weight excluding hydrogens is 396 g/mol. The lowest BCUT2D eigenvalue weighted by molar-refractivity contribution is 0.251. The van der Waals surface area contributed by atoms with Gasteiger partial charge in [-0.3, -0.25) is 4.98 Å². The van der Waals surface area contributed by atoms with E-state index in [1.54, 1.807) is 24.5 Å². The van der Waals surface area contributed by atoms with E-state index < -0.39 is 0 Å². The van der Waals surface area contributed by atoms with Crippen molar-refractivity contribution in [1.29, 1.82) is 0 Å². The Hall–Kier alpha value is -2.93. The van der Waals surface area contributed by atoms with Gasteiger partial charge in [-0.05, 0) is 42.8 Å². The van der Waals surface area contributed by atoms with Crippen molar-refractivity contribution >= 4 is 27.6 Å². The van der Waals surface area contributed by atoms with Gasteiger partial charge in [-0.1, -0.05) is 28.1 Å². The number of aryl methyl sites for hydroxylation is 1. The molecule has 0 saturated heterocycles. The van der Waals surface area contributed by atoms with Crippen LogP contribution in [0.5, 0.6) is 11.6 Å². The minimum absolute atomic E-state index is 0.312. The second-order valence-electron chi connectivity index (χ2n) is 5.56. The Labute approximate surface area is 159 Å². The smallest absolute Gasteiger partial charge is 0.319 e. The number of amides is 2. The summed E-state index contributed by atoms with van der Waals surface area (Å²) in [6.45, 7) is 2.32. The molecule has 0 saturated carbocycles. The average Bonchev–Trinajstić information content (AvgIpc) is 2.63. The van der Waals surface area contributed by atoms with Crippen LogP contribution in [-0.2, 0) is 6.54 Å². The molecule has 0 aliphatic rings. The molecule has 26 heavy (non-hydrogen) atoms. The maximum absolute atomic E-state index is 12.0. The van der Waals surface area contributed by atoms with Crippen molar-refractivity contribution in [2.75, 3.05) is 5.32 Å². The van der Waals surface area contributed by atoms with Crippen LogP contribution in [-0.4, -0.2) is 16.0 Å². The number of halogens is 1. The van der Waals surface area contributed by atoms with Gasteiger partial charge < -0.3 is 15.4 Å². The summed E-state index contributed by atoms with van der Waals surface area (Å²) in [7, 11) is 0. The molecule has 132 valence electrons. The molecule has 0 unspecified atom stereocenters. The van der Waals surface area contributed by atoms with Gasteiger partial charge >= 0.3 is 6.03 Å². The number of ether oxygens (including phenoxy) is 1. The van der Waals surface area contributed by atoms with E-state index in [2.05, 4.69) is 36.5 Å². The van der Waals surface area contributed by atoms with Crippen LogP contribution in [0, 0.1) is 6.92 Å². The molecule has 0 atom stereocenters. The van der Waals surface area contributed by atoms with Gasteiger partial charge in [-0.2, -0.15) is 0 Å². The third-order valence-corrected chi connectivity index (χ3v) is 3.93. The number of carbonyl (C=O) groups is 1. The molecule has 0 spiro atoms. The quantitative estimate of drug-likeness (QED) is 0.638. The number of nitrogens with zero attached hydrogens (tertiary/aromatic N) is 2. The second kappa shape index (κ2) is 8.44. The maximum atomic E-state index is 12.0. The average molecular weight is 413 g/mol. The van der Waals surface area contributed by atoms with Crippen LogP contribution < -0.4 is 15.4 Å². The molecule has 2 N–H and O–H groups in total. The van der Waals surface area contributed by atoms with E-state index in [1.807, 2.05) is 43.3 Å². The predicted molar refractivity (Wildman–Crippen MR) is 103 cm³/mol. The van der Waals surface area contributed by atoms with Gasteiger partial charge in [0.1, 0.15) is 5.75 Å². The number of carbonyl (C=O) groups excluding carboxylic acids is 1. The topological polar surface area (TPSA) is 76.1 Å².